The van der Waals surface area contributed by atoms with Crippen molar-refractivity contribution in [3.63, 3.8) is 0 Å². The van der Waals surface area contributed by atoms with E-state index in [1.807, 2.05) is 0 Å². The van der Waals surface area contributed by atoms with Gasteiger partial charge in [0.15, 0.2) is 0 Å². The number of nitrogens with two attached hydrogens (primary N) is 1. The summed E-state index contributed by atoms with van der Waals surface area (Å²) >= 11 is 0. The quantitative estimate of drug-likeness (QED) is 0.914. The molecule has 2 aromatic rings. The zero-order valence-electron chi connectivity index (χ0n) is 10.2. The molecule has 0 bridgehead atoms. The second kappa shape index (κ2) is 5.32. The largest absolute Gasteiger partial charge is 0.457 e. The first kappa shape index (κ1) is 13.4. The van der Waals surface area contributed by atoms with Crippen LogP contribution in [-0.2, 0) is 0 Å². The smallest absolute Gasteiger partial charge is 0.135 e. The van der Waals surface area contributed by atoms with Crippen LogP contribution in [0, 0.1) is 17.5 Å². The first-order valence-corrected chi connectivity index (χ1v) is 5.65. The van der Waals surface area contributed by atoms with Crippen molar-refractivity contribution >= 4 is 0 Å². The highest BCUT2D eigenvalue weighted by Crippen LogP contribution is 2.31. The van der Waals surface area contributed by atoms with Gasteiger partial charge in [-0.2, -0.15) is 0 Å². The maximum absolute atomic E-state index is 13.7. The summed E-state index contributed by atoms with van der Waals surface area (Å²) in [5, 5.41) is 0. The molecular formula is C14H12F3NO. The van der Waals surface area contributed by atoms with Gasteiger partial charge < -0.3 is 10.5 Å². The molecule has 0 heterocycles. The standard InChI is InChI=1S/C14H12F3NO/c1-8(18)14-12(17)3-2-4-13(14)19-11-6-9(15)5-10(16)7-11/h2-8H,18H2,1H3/t8-/m0/s1. The minimum absolute atomic E-state index is 0.0509. The van der Waals surface area contributed by atoms with Gasteiger partial charge in [-0.25, -0.2) is 13.2 Å². The van der Waals surface area contributed by atoms with E-state index >= 15 is 0 Å². The Morgan fingerprint density at radius 2 is 1.68 bits per heavy atom. The van der Waals surface area contributed by atoms with Crippen LogP contribution in [0.2, 0.25) is 0 Å². The van der Waals surface area contributed by atoms with Crippen LogP contribution in [0.15, 0.2) is 36.4 Å². The molecule has 0 unspecified atom stereocenters. The third-order valence-corrected chi connectivity index (χ3v) is 2.53. The molecule has 100 valence electrons. The van der Waals surface area contributed by atoms with Crippen molar-refractivity contribution in [1.29, 1.82) is 0 Å². The minimum atomic E-state index is -0.770. The Kier molecular flexibility index (Phi) is 3.76. The maximum Gasteiger partial charge on any atom is 0.135 e. The molecule has 0 amide bonds. The molecule has 0 saturated heterocycles. The summed E-state index contributed by atoms with van der Waals surface area (Å²) < 4.78 is 45.1. The third kappa shape index (κ3) is 3.06. The van der Waals surface area contributed by atoms with E-state index in [0.29, 0.717) is 0 Å². The van der Waals surface area contributed by atoms with E-state index in [9.17, 15) is 13.2 Å². The number of ether oxygens (including phenoxy) is 1. The summed E-state index contributed by atoms with van der Waals surface area (Å²) in [6, 6.07) is 6.33. The maximum atomic E-state index is 13.7. The number of benzene rings is 2. The monoisotopic (exact) mass is 267 g/mol. The van der Waals surface area contributed by atoms with Gasteiger partial charge in [-0.15, -0.1) is 0 Å². The van der Waals surface area contributed by atoms with Crippen LogP contribution >= 0.6 is 0 Å². The lowest BCUT2D eigenvalue weighted by atomic mass is 10.1. The normalized spacial score (nSPS) is 12.3. The lowest BCUT2D eigenvalue weighted by Crippen LogP contribution is -2.09. The van der Waals surface area contributed by atoms with Crippen LogP contribution in [0.5, 0.6) is 11.5 Å². The van der Waals surface area contributed by atoms with Crippen molar-refractivity contribution in [2.24, 2.45) is 5.73 Å². The molecule has 0 aromatic heterocycles. The fourth-order valence-corrected chi connectivity index (χ4v) is 1.76. The summed E-state index contributed by atoms with van der Waals surface area (Å²) in [6.07, 6.45) is 0. The molecule has 0 aliphatic carbocycles. The predicted octanol–water partition coefficient (Wildman–Crippen LogP) is 3.92. The van der Waals surface area contributed by atoms with Gasteiger partial charge in [0, 0.05) is 29.8 Å². The molecule has 0 aliphatic rings. The molecular weight excluding hydrogens is 255 g/mol. The number of hydrogen-bond acceptors (Lipinski definition) is 2. The van der Waals surface area contributed by atoms with Gasteiger partial charge in [-0.1, -0.05) is 6.07 Å². The fraction of sp³-hybridized carbons (Fsp3) is 0.143. The van der Waals surface area contributed by atoms with Crippen molar-refractivity contribution in [1.82, 2.24) is 0 Å². The summed E-state index contributed by atoms with van der Waals surface area (Å²) in [6.45, 7) is 1.59. The highest BCUT2D eigenvalue weighted by molar-refractivity contribution is 5.40. The van der Waals surface area contributed by atoms with E-state index in [0.717, 1.165) is 18.2 Å². The van der Waals surface area contributed by atoms with E-state index in [4.69, 9.17) is 10.5 Å². The highest BCUT2D eigenvalue weighted by Gasteiger charge is 2.14. The fourth-order valence-electron chi connectivity index (χ4n) is 1.76. The molecule has 2 N–H and O–H groups in total. The number of rotatable bonds is 3. The Morgan fingerprint density at radius 3 is 2.26 bits per heavy atom. The lowest BCUT2D eigenvalue weighted by Gasteiger charge is -2.14. The van der Waals surface area contributed by atoms with E-state index in [1.54, 1.807) is 6.92 Å². The van der Waals surface area contributed by atoms with Crippen LogP contribution in [0.1, 0.15) is 18.5 Å². The Balaban J connectivity index is 2.40. The van der Waals surface area contributed by atoms with Crippen molar-refractivity contribution in [2.75, 3.05) is 0 Å². The minimum Gasteiger partial charge on any atom is -0.457 e. The molecule has 2 rings (SSSR count). The van der Waals surface area contributed by atoms with Gasteiger partial charge >= 0.3 is 0 Å². The molecule has 2 aromatic carbocycles. The SMILES string of the molecule is C[C@H](N)c1c(F)cccc1Oc1cc(F)cc(F)c1. The summed E-state index contributed by atoms with van der Waals surface area (Å²) in [4.78, 5) is 0. The molecule has 5 heteroatoms. The Labute approximate surface area is 108 Å². The van der Waals surface area contributed by atoms with Crippen molar-refractivity contribution in [3.05, 3.63) is 59.4 Å². The highest BCUT2D eigenvalue weighted by atomic mass is 19.1. The zero-order chi connectivity index (χ0) is 14.0. The van der Waals surface area contributed by atoms with E-state index < -0.39 is 23.5 Å². The van der Waals surface area contributed by atoms with Crippen molar-refractivity contribution < 1.29 is 17.9 Å². The van der Waals surface area contributed by atoms with Crippen LogP contribution in [0.3, 0.4) is 0 Å². The average molecular weight is 267 g/mol. The van der Waals surface area contributed by atoms with E-state index in [2.05, 4.69) is 0 Å². The molecule has 0 fully saturated rings. The van der Waals surface area contributed by atoms with E-state index in [1.165, 1.54) is 18.2 Å². The van der Waals surface area contributed by atoms with Gasteiger partial charge in [0.1, 0.15) is 29.0 Å². The van der Waals surface area contributed by atoms with Gasteiger partial charge in [-0.3, -0.25) is 0 Å². The van der Waals surface area contributed by atoms with Gasteiger partial charge in [-0.05, 0) is 19.1 Å². The lowest BCUT2D eigenvalue weighted by molar-refractivity contribution is 0.450. The first-order chi connectivity index (χ1) is 8.97. The van der Waals surface area contributed by atoms with E-state index in [-0.39, 0.29) is 17.1 Å². The van der Waals surface area contributed by atoms with Crippen molar-refractivity contribution in [3.8, 4) is 11.5 Å². The Hall–Kier alpha value is -2.01. The molecule has 0 spiro atoms. The Morgan fingerprint density at radius 1 is 1.05 bits per heavy atom. The molecule has 2 nitrogen and oxygen atoms in total. The number of hydrogen-bond donors (Lipinski definition) is 1. The predicted molar refractivity (Wildman–Crippen MR) is 65.4 cm³/mol. The van der Waals surface area contributed by atoms with Gasteiger partial charge in [0.25, 0.3) is 0 Å². The average Bonchev–Trinajstić information content (AvgIpc) is 2.26. The van der Waals surface area contributed by atoms with Crippen molar-refractivity contribution in [2.45, 2.75) is 13.0 Å². The number of halogens is 3. The van der Waals surface area contributed by atoms with Gasteiger partial charge in [0.2, 0.25) is 0 Å². The zero-order valence-corrected chi connectivity index (χ0v) is 10.2. The summed E-state index contributed by atoms with van der Waals surface area (Å²) in [5.41, 5.74) is 5.82. The second-order valence-electron chi connectivity index (χ2n) is 4.15. The third-order valence-electron chi connectivity index (χ3n) is 2.53. The second-order valence-corrected chi connectivity index (χ2v) is 4.15. The van der Waals surface area contributed by atoms with Crippen LogP contribution in [0.4, 0.5) is 13.2 Å². The molecule has 0 radical (unpaired) electrons. The van der Waals surface area contributed by atoms with Crippen LogP contribution in [0.25, 0.3) is 0 Å². The molecule has 1 atom stereocenters. The first-order valence-electron chi connectivity index (χ1n) is 5.65. The summed E-state index contributed by atoms with van der Waals surface area (Å²) in [7, 11) is 0. The summed E-state index contributed by atoms with van der Waals surface area (Å²) in [5.74, 6) is -1.98. The molecule has 0 saturated carbocycles. The molecule has 0 aliphatic heterocycles. The Bertz CT molecular complexity index is 579. The molecule has 19 heavy (non-hydrogen) atoms. The van der Waals surface area contributed by atoms with Gasteiger partial charge in [0.05, 0.1) is 0 Å². The van der Waals surface area contributed by atoms with Crippen LogP contribution in [-0.4, -0.2) is 0 Å². The van der Waals surface area contributed by atoms with Crippen LogP contribution < -0.4 is 10.5 Å². The topological polar surface area (TPSA) is 35.2 Å².